The van der Waals surface area contributed by atoms with Crippen LogP contribution in [0.2, 0.25) is 0 Å². The summed E-state index contributed by atoms with van der Waals surface area (Å²) in [6.07, 6.45) is 0. The molecule has 0 aliphatic heterocycles. The SMILES string of the molecule is Cc1cc(F)c(Br)cc1Nc1ccc(C#N)cc1Br. The van der Waals surface area contributed by atoms with Crippen LogP contribution in [0, 0.1) is 24.1 Å². The average molecular weight is 384 g/mol. The Kier molecular flexibility index (Phi) is 4.23. The molecule has 2 rings (SSSR count). The molecule has 0 bridgehead atoms. The monoisotopic (exact) mass is 382 g/mol. The van der Waals surface area contributed by atoms with E-state index in [4.69, 9.17) is 5.26 Å². The molecule has 0 radical (unpaired) electrons. The molecule has 0 spiro atoms. The number of nitrogens with zero attached hydrogens (tertiary/aromatic N) is 1. The number of anilines is 2. The van der Waals surface area contributed by atoms with Gasteiger partial charge in [0, 0.05) is 10.2 Å². The molecule has 0 aromatic heterocycles. The van der Waals surface area contributed by atoms with Gasteiger partial charge in [-0.15, -0.1) is 0 Å². The lowest BCUT2D eigenvalue weighted by molar-refractivity contribution is 0.620. The van der Waals surface area contributed by atoms with Crippen LogP contribution < -0.4 is 5.32 Å². The molecular formula is C14H9Br2FN2. The van der Waals surface area contributed by atoms with Crippen molar-refractivity contribution in [3.63, 3.8) is 0 Å². The summed E-state index contributed by atoms with van der Waals surface area (Å²) in [4.78, 5) is 0. The lowest BCUT2D eigenvalue weighted by Crippen LogP contribution is -1.96. The maximum absolute atomic E-state index is 13.4. The molecular weight excluding hydrogens is 375 g/mol. The number of benzene rings is 2. The van der Waals surface area contributed by atoms with Gasteiger partial charge in [-0.05, 0) is 74.7 Å². The lowest BCUT2D eigenvalue weighted by Gasteiger charge is -2.12. The van der Waals surface area contributed by atoms with Crippen molar-refractivity contribution in [3.05, 3.63) is 56.2 Å². The summed E-state index contributed by atoms with van der Waals surface area (Å²) < 4.78 is 14.5. The Bertz CT molecular complexity index is 678. The molecule has 0 amide bonds. The van der Waals surface area contributed by atoms with E-state index >= 15 is 0 Å². The molecule has 5 heteroatoms. The van der Waals surface area contributed by atoms with Crippen LogP contribution >= 0.6 is 31.9 Å². The van der Waals surface area contributed by atoms with Gasteiger partial charge in [0.05, 0.1) is 21.8 Å². The van der Waals surface area contributed by atoms with Gasteiger partial charge in [-0.25, -0.2) is 4.39 Å². The first kappa shape index (κ1) is 14.0. The van der Waals surface area contributed by atoms with Crippen LogP contribution in [0.3, 0.4) is 0 Å². The Labute approximate surface area is 127 Å². The van der Waals surface area contributed by atoms with Crippen LogP contribution in [-0.2, 0) is 0 Å². The Morgan fingerprint density at radius 3 is 2.47 bits per heavy atom. The number of hydrogen-bond acceptors (Lipinski definition) is 2. The van der Waals surface area contributed by atoms with Gasteiger partial charge in [0.1, 0.15) is 5.82 Å². The standard InChI is InChI=1S/C14H9Br2FN2/c1-8-4-12(17)10(15)6-14(8)19-13-3-2-9(7-18)5-11(13)16/h2-6,19H,1H3. The third-order valence-corrected chi connectivity index (χ3v) is 3.90. The Balaban J connectivity index is 2.37. The van der Waals surface area contributed by atoms with E-state index in [2.05, 4.69) is 43.2 Å². The average Bonchev–Trinajstić information content (AvgIpc) is 2.38. The first-order valence-corrected chi connectivity index (χ1v) is 7.02. The number of aryl methyl sites for hydroxylation is 1. The Morgan fingerprint density at radius 1 is 1.11 bits per heavy atom. The van der Waals surface area contributed by atoms with E-state index in [1.54, 1.807) is 24.3 Å². The van der Waals surface area contributed by atoms with Crippen LogP contribution in [0.25, 0.3) is 0 Å². The van der Waals surface area contributed by atoms with Crippen LogP contribution in [0.4, 0.5) is 15.8 Å². The molecule has 0 fully saturated rings. The summed E-state index contributed by atoms with van der Waals surface area (Å²) in [5.41, 5.74) is 3.01. The fourth-order valence-corrected chi connectivity index (χ4v) is 2.43. The molecule has 0 aliphatic rings. The minimum Gasteiger partial charge on any atom is -0.354 e. The summed E-state index contributed by atoms with van der Waals surface area (Å²) in [5.74, 6) is -0.290. The number of rotatable bonds is 2. The molecule has 0 atom stereocenters. The van der Waals surface area contributed by atoms with Crippen molar-refractivity contribution in [1.29, 1.82) is 5.26 Å². The molecule has 2 nitrogen and oxygen atoms in total. The van der Waals surface area contributed by atoms with Crippen molar-refractivity contribution < 1.29 is 4.39 Å². The molecule has 2 aromatic rings. The molecule has 96 valence electrons. The minimum atomic E-state index is -0.290. The van der Waals surface area contributed by atoms with E-state index in [1.165, 1.54) is 6.07 Å². The van der Waals surface area contributed by atoms with E-state index in [0.29, 0.717) is 10.0 Å². The second-order valence-corrected chi connectivity index (χ2v) is 5.72. The first-order valence-electron chi connectivity index (χ1n) is 5.43. The molecule has 0 aliphatic carbocycles. The van der Waals surface area contributed by atoms with Crippen molar-refractivity contribution in [2.45, 2.75) is 6.92 Å². The zero-order valence-corrected chi connectivity index (χ0v) is 13.1. The van der Waals surface area contributed by atoms with Gasteiger partial charge in [-0.3, -0.25) is 0 Å². The predicted molar refractivity (Wildman–Crippen MR) is 81.0 cm³/mol. The summed E-state index contributed by atoms with van der Waals surface area (Å²) in [7, 11) is 0. The highest BCUT2D eigenvalue weighted by atomic mass is 79.9. The summed E-state index contributed by atoms with van der Waals surface area (Å²) in [6, 6.07) is 10.5. The smallest absolute Gasteiger partial charge is 0.137 e. The molecule has 0 saturated heterocycles. The van der Waals surface area contributed by atoms with Crippen LogP contribution in [0.15, 0.2) is 39.3 Å². The van der Waals surface area contributed by atoms with Crippen molar-refractivity contribution in [1.82, 2.24) is 0 Å². The summed E-state index contributed by atoms with van der Waals surface area (Å²) in [6.45, 7) is 1.83. The first-order chi connectivity index (χ1) is 9.01. The van der Waals surface area contributed by atoms with E-state index in [1.807, 2.05) is 6.92 Å². The lowest BCUT2D eigenvalue weighted by atomic mass is 10.1. The molecule has 0 unspecified atom stereocenters. The van der Waals surface area contributed by atoms with Gasteiger partial charge in [0.15, 0.2) is 0 Å². The van der Waals surface area contributed by atoms with Gasteiger partial charge >= 0.3 is 0 Å². The normalized spacial score (nSPS) is 10.1. The highest BCUT2D eigenvalue weighted by Crippen LogP contribution is 2.30. The van der Waals surface area contributed by atoms with E-state index in [-0.39, 0.29) is 5.82 Å². The molecule has 0 saturated carbocycles. The maximum Gasteiger partial charge on any atom is 0.137 e. The van der Waals surface area contributed by atoms with Crippen molar-refractivity contribution in [2.75, 3.05) is 5.32 Å². The van der Waals surface area contributed by atoms with Gasteiger partial charge in [-0.1, -0.05) is 0 Å². The third kappa shape index (κ3) is 3.14. The fraction of sp³-hybridized carbons (Fsp3) is 0.0714. The Morgan fingerprint density at radius 2 is 1.84 bits per heavy atom. The molecule has 0 heterocycles. The minimum absolute atomic E-state index is 0.290. The highest BCUT2D eigenvalue weighted by molar-refractivity contribution is 9.10. The van der Waals surface area contributed by atoms with E-state index < -0.39 is 0 Å². The number of nitriles is 1. The fourth-order valence-electron chi connectivity index (χ4n) is 1.61. The van der Waals surface area contributed by atoms with Crippen LogP contribution in [0.1, 0.15) is 11.1 Å². The second kappa shape index (κ2) is 5.72. The molecule has 2 aromatic carbocycles. The maximum atomic E-state index is 13.4. The van der Waals surface area contributed by atoms with Crippen LogP contribution in [0.5, 0.6) is 0 Å². The second-order valence-electron chi connectivity index (χ2n) is 4.01. The largest absolute Gasteiger partial charge is 0.354 e. The van der Waals surface area contributed by atoms with Crippen molar-refractivity contribution >= 4 is 43.2 Å². The predicted octanol–water partition coefficient (Wildman–Crippen LogP) is 5.27. The van der Waals surface area contributed by atoms with Crippen molar-refractivity contribution in [2.24, 2.45) is 0 Å². The quantitative estimate of drug-likeness (QED) is 0.766. The van der Waals surface area contributed by atoms with Crippen molar-refractivity contribution in [3.8, 4) is 6.07 Å². The third-order valence-electron chi connectivity index (χ3n) is 2.63. The highest BCUT2D eigenvalue weighted by Gasteiger charge is 2.07. The van der Waals surface area contributed by atoms with Gasteiger partial charge < -0.3 is 5.32 Å². The van der Waals surface area contributed by atoms with Gasteiger partial charge in [0.25, 0.3) is 0 Å². The van der Waals surface area contributed by atoms with Crippen LogP contribution in [-0.4, -0.2) is 0 Å². The summed E-state index contributed by atoms with van der Waals surface area (Å²) in [5, 5.41) is 12.0. The van der Waals surface area contributed by atoms with Gasteiger partial charge in [-0.2, -0.15) is 5.26 Å². The number of nitrogens with one attached hydrogen (secondary N) is 1. The summed E-state index contributed by atoms with van der Waals surface area (Å²) >= 11 is 6.57. The Hall–Kier alpha value is -1.38. The number of hydrogen-bond donors (Lipinski definition) is 1. The zero-order valence-electron chi connectivity index (χ0n) is 9.97. The molecule has 1 N–H and O–H groups in total. The number of halogens is 3. The topological polar surface area (TPSA) is 35.8 Å². The zero-order chi connectivity index (χ0) is 14.0. The van der Waals surface area contributed by atoms with E-state index in [0.717, 1.165) is 21.4 Å². The molecule has 19 heavy (non-hydrogen) atoms. The van der Waals surface area contributed by atoms with E-state index in [9.17, 15) is 4.39 Å². The van der Waals surface area contributed by atoms with Gasteiger partial charge in [0.2, 0.25) is 0 Å².